The molecule has 5 rings (SSSR count). The van der Waals surface area contributed by atoms with Crippen LogP contribution in [-0.4, -0.2) is 29.2 Å². The third kappa shape index (κ3) is 1.93. The minimum atomic E-state index is 0.754. The van der Waals surface area contributed by atoms with Crippen LogP contribution in [-0.2, 0) is 5.75 Å². The van der Waals surface area contributed by atoms with E-state index < -0.39 is 0 Å². The van der Waals surface area contributed by atoms with Crippen LogP contribution in [0.2, 0.25) is 0 Å². The molecule has 0 aliphatic rings. The zero-order valence-electron chi connectivity index (χ0n) is 12.0. The number of rotatable bonds is 3. The quantitative estimate of drug-likeness (QED) is 0.519. The maximum absolute atomic E-state index is 4.59. The van der Waals surface area contributed by atoms with E-state index in [4.69, 9.17) is 0 Å². The van der Waals surface area contributed by atoms with Crippen LogP contribution in [0.3, 0.4) is 0 Å². The van der Waals surface area contributed by atoms with Gasteiger partial charge in [0, 0.05) is 5.75 Å². The molecule has 0 radical (unpaired) electrons. The van der Waals surface area contributed by atoms with Gasteiger partial charge in [0.25, 0.3) is 5.78 Å². The molecule has 0 aliphatic heterocycles. The number of nitrogens with one attached hydrogen (secondary N) is 1. The Balaban J connectivity index is 1.59. The van der Waals surface area contributed by atoms with Crippen molar-refractivity contribution in [2.75, 3.05) is 0 Å². The first-order valence-electron chi connectivity index (χ1n) is 7.27. The predicted molar refractivity (Wildman–Crippen MR) is 89.6 cm³/mol. The van der Waals surface area contributed by atoms with Crippen LogP contribution in [0, 0.1) is 0 Å². The van der Waals surface area contributed by atoms with Gasteiger partial charge >= 0.3 is 0 Å². The molecule has 5 aromatic rings. The van der Waals surface area contributed by atoms with Crippen LogP contribution in [0.4, 0.5) is 0 Å². The number of aromatic nitrogens is 6. The summed E-state index contributed by atoms with van der Waals surface area (Å²) in [4.78, 5) is 4.59. The van der Waals surface area contributed by atoms with Gasteiger partial charge in [-0.15, -0.1) is 10.2 Å². The highest BCUT2D eigenvalue weighted by Crippen LogP contribution is 2.24. The number of H-pyrrole nitrogens is 1. The van der Waals surface area contributed by atoms with Crippen LogP contribution in [0.25, 0.3) is 22.6 Å². The van der Waals surface area contributed by atoms with Crippen LogP contribution >= 0.6 is 11.8 Å². The second kappa shape index (κ2) is 4.85. The number of benzene rings is 2. The Morgan fingerprint density at radius 2 is 1.78 bits per heavy atom. The van der Waals surface area contributed by atoms with Crippen LogP contribution in [0.1, 0.15) is 5.56 Å². The van der Waals surface area contributed by atoms with Gasteiger partial charge in [0.2, 0.25) is 10.9 Å². The number of aromatic amines is 1. The van der Waals surface area contributed by atoms with Gasteiger partial charge in [-0.3, -0.25) is 5.10 Å². The van der Waals surface area contributed by atoms with Gasteiger partial charge in [-0.05, 0) is 17.7 Å². The molecule has 0 unspecified atom stereocenters. The van der Waals surface area contributed by atoms with Gasteiger partial charge in [-0.1, -0.05) is 54.2 Å². The molecule has 0 bridgehead atoms. The van der Waals surface area contributed by atoms with Crippen molar-refractivity contribution in [1.82, 2.24) is 29.2 Å². The normalized spacial score (nSPS) is 11.8. The summed E-state index contributed by atoms with van der Waals surface area (Å²) in [5.41, 5.74) is 3.24. The summed E-state index contributed by atoms with van der Waals surface area (Å²) in [6.45, 7) is 0. The molecule has 0 atom stereocenters. The first kappa shape index (κ1) is 12.7. The van der Waals surface area contributed by atoms with Crippen LogP contribution in [0.5, 0.6) is 0 Å². The lowest BCUT2D eigenvalue weighted by molar-refractivity contribution is 0.830. The zero-order chi connectivity index (χ0) is 15.2. The number of fused-ring (bicyclic) bond motifs is 5. The molecular formula is C16H12N6S. The molecule has 0 aliphatic carbocycles. The van der Waals surface area contributed by atoms with Crippen LogP contribution < -0.4 is 0 Å². The monoisotopic (exact) mass is 320 g/mol. The maximum atomic E-state index is 4.59. The van der Waals surface area contributed by atoms with Crippen molar-refractivity contribution in [3.8, 4) is 0 Å². The first-order valence-corrected chi connectivity index (χ1v) is 8.26. The maximum Gasteiger partial charge on any atom is 0.258 e. The second-order valence-corrected chi connectivity index (χ2v) is 6.21. The summed E-state index contributed by atoms with van der Waals surface area (Å²) in [5.74, 6) is 2.38. The molecule has 3 aromatic heterocycles. The van der Waals surface area contributed by atoms with Crippen molar-refractivity contribution in [1.29, 1.82) is 0 Å². The van der Waals surface area contributed by atoms with Gasteiger partial charge in [-0.25, -0.2) is 9.38 Å². The molecular weight excluding hydrogens is 308 g/mol. The average molecular weight is 320 g/mol. The van der Waals surface area contributed by atoms with E-state index in [0.29, 0.717) is 0 Å². The van der Waals surface area contributed by atoms with Gasteiger partial charge in [0.05, 0.1) is 11.0 Å². The van der Waals surface area contributed by atoms with Crippen molar-refractivity contribution in [2.45, 2.75) is 10.9 Å². The lowest BCUT2D eigenvalue weighted by atomic mass is 10.2. The summed E-state index contributed by atoms with van der Waals surface area (Å²) in [6.07, 6.45) is 0. The third-order valence-electron chi connectivity index (χ3n) is 3.80. The molecule has 1 N–H and O–H groups in total. The van der Waals surface area contributed by atoms with E-state index >= 15 is 0 Å². The topological polar surface area (TPSA) is 63.3 Å². The summed E-state index contributed by atoms with van der Waals surface area (Å²) in [7, 11) is 0. The third-order valence-corrected chi connectivity index (χ3v) is 4.80. The Morgan fingerprint density at radius 1 is 0.957 bits per heavy atom. The smallest absolute Gasteiger partial charge is 0.257 e. The fourth-order valence-electron chi connectivity index (χ4n) is 2.72. The fraction of sp³-hybridized carbons (Fsp3) is 0.0625. The summed E-state index contributed by atoms with van der Waals surface area (Å²) in [5, 5.41) is 12.7. The highest BCUT2D eigenvalue weighted by atomic mass is 32.2. The van der Waals surface area contributed by atoms with Gasteiger partial charge in [0.15, 0.2) is 0 Å². The molecule has 0 saturated carbocycles. The largest absolute Gasteiger partial charge is 0.258 e. The van der Waals surface area contributed by atoms with E-state index in [1.807, 2.05) is 51.4 Å². The van der Waals surface area contributed by atoms with E-state index in [2.05, 4.69) is 32.4 Å². The highest BCUT2D eigenvalue weighted by Gasteiger charge is 2.15. The lowest BCUT2D eigenvalue weighted by Crippen LogP contribution is -1.89. The van der Waals surface area contributed by atoms with E-state index in [0.717, 1.165) is 33.5 Å². The van der Waals surface area contributed by atoms with Crippen molar-refractivity contribution < 1.29 is 0 Å². The van der Waals surface area contributed by atoms with Gasteiger partial charge in [0.1, 0.15) is 0 Å². The number of para-hydroxylation sites is 2. The lowest BCUT2D eigenvalue weighted by Gasteiger charge is -1.98. The van der Waals surface area contributed by atoms with E-state index in [1.165, 1.54) is 5.56 Å². The molecule has 3 heterocycles. The van der Waals surface area contributed by atoms with E-state index in [1.54, 1.807) is 11.8 Å². The van der Waals surface area contributed by atoms with Gasteiger partial charge < -0.3 is 0 Å². The Morgan fingerprint density at radius 3 is 2.70 bits per heavy atom. The van der Waals surface area contributed by atoms with E-state index in [-0.39, 0.29) is 0 Å². The first-order chi connectivity index (χ1) is 11.4. The van der Waals surface area contributed by atoms with Crippen molar-refractivity contribution >= 4 is 34.4 Å². The molecule has 6 nitrogen and oxygen atoms in total. The SMILES string of the molecule is c1ccc(CSc2nnc3n2[nH]c2nc4ccccc4n23)cc1. The zero-order valence-corrected chi connectivity index (χ0v) is 12.9. The van der Waals surface area contributed by atoms with Crippen molar-refractivity contribution in [3.05, 3.63) is 60.2 Å². The summed E-state index contributed by atoms with van der Waals surface area (Å²) >= 11 is 1.65. The predicted octanol–water partition coefficient (Wildman–Crippen LogP) is 3.15. The average Bonchev–Trinajstić information content (AvgIpc) is 3.23. The van der Waals surface area contributed by atoms with Gasteiger partial charge in [-0.2, -0.15) is 4.52 Å². The number of hydrogen-bond acceptors (Lipinski definition) is 4. The molecule has 0 spiro atoms. The Kier molecular flexibility index (Phi) is 2.68. The fourth-order valence-corrected chi connectivity index (χ4v) is 3.57. The molecule has 0 fully saturated rings. The standard InChI is InChI=1S/C16H12N6S/c1-2-6-11(7-3-1)10-23-16-19-18-15-21-13-9-5-4-8-12(13)17-14(21)20-22(15)16/h1-9H,10H2,(H,17,20). The van der Waals surface area contributed by atoms with Crippen molar-refractivity contribution in [3.63, 3.8) is 0 Å². The number of nitrogens with zero attached hydrogens (tertiary/aromatic N) is 5. The Labute approximate surface area is 135 Å². The minimum absolute atomic E-state index is 0.754. The number of imidazole rings is 1. The summed E-state index contributed by atoms with van der Waals surface area (Å²) in [6, 6.07) is 18.4. The Bertz CT molecular complexity index is 1120. The molecule has 0 saturated heterocycles. The molecule has 0 amide bonds. The molecule has 23 heavy (non-hydrogen) atoms. The van der Waals surface area contributed by atoms with E-state index in [9.17, 15) is 0 Å². The summed E-state index contributed by atoms with van der Waals surface area (Å²) < 4.78 is 3.89. The molecule has 7 heteroatoms. The number of thioether (sulfide) groups is 1. The minimum Gasteiger partial charge on any atom is -0.257 e. The second-order valence-electron chi connectivity index (χ2n) is 5.26. The number of hydrogen-bond donors (Lipinski definition) is 1. The van der Waals surface area contributed by atoms with Crippen molar-refractivity contribution in [2.24, 2.45) is 0 Å². The van der Waals surface area contributed by atoms with Crippen LogP contribution in [0.15, 0.2) is 59.8 Å². The Hall–Kier alpha value is -2.80. The molecule has 112 valence electrons. The molecule has 2 aromatic carbocycles. The highest BCUT2D eigenvalue weighted by molar-refractivity contribution is 7.98.